The van der Waals surface area contributed by atoms with E-state index in [0.29, 0.717) is 0 Å². The minimum absolute atomic E-state index is 0.200. The Morgan fingerprint density at radius 1 is 1.00 bits per heavy atom. The first kappa shape index (κ1) is 12.4. The number of hydrogen-bond donors (Lipinski definition) is 0. The topological polar surface area (TPSA) is 74.2 Å². The van der Waals surface area contributed by atoms with Crippen LogP contribution in [0, 0.1) is 0 Å². The number of ether oxygens (including phenoxy) is 3. The minimum atomic E-state index is -1.31. The van der Waals surface area contributed by atoms with Crippen LogP contribution in [-0.4, -0.2) is 45.2 Å². The Morgan fingerprint density at radius 3 is 1.71 bits per heavy atom. The lowest BCUT2D eigenvalue weighted by molar-refractivity contribution is -0.153. The van der Waals surface area contributed by atoms with Gasteiger partial charge in [0, 0.05) is 6.92 Å². The second kappa shape index (κ2) is 5.95. The Kier molecular flexibility index (Phi) is 5.28. The highest BCUT2D eigenvalue weighted by Gasteiger charge is 2.28. The van der Waals surface area contributed by atoms with E-state index in [0.717, 1.165) is 14.2 Å². The van der Waals surface area contributed by atoms with Crippen molar-refractivity contribution in [3.05, 3.63) is 0 Å². The highest BCUT2D eigenvalue weighted by atomic mass is 16.5. The fraction of sp³-hybridized carbons (Fsp3) is 0.625. The van der Waals surface area contributed by atoms with Crippen LogP contribution in [0.3, 0.4) is 0 Å². The highest BCUT2D eigenvalue weighted by Crippen LogP contribution is 1.99. The van der Waals surface area contributed by atoms with Crippen LogP contribution >= 0.6 is 0 Å². The molecule has 0 bridgehead atoms. The van der Waals surface area contributed by atoms with Crippen LogP contribution in [0.5, 0.6) is 0 Å². The molecule has 6 heteroatoms. The summed E-state index contributed by atoms with van der Waals surface area (Å²) >= 11 is 0. The molecule has 0 aromatic carbocycles. The number of esters is 2. The van der Waals surface area contributed by atoms with Crippen molar-refractivity contribution in [2.75, 3.05) is 21.3 Å². The lowest BCUT2D eigenvalue weighted by Crippen LogP contribution is -2.31. The third-order valence-corrected chi connectivity index (χ3v) is 1.46. The van der Waals surface area contributed by atoms with E-state index in [1.807, 2.05) is 0 Å². The Balaban J connectivity index is 4.73. The molecule has 0 spiro atoms. The van der Waals surface area contributed by atoms with Gasteiger partial charge in [-0.1, -0.05) is 0 Å². The molecule has 0 fully saturated rings. The Bertz CT molecular complexity index is 232. The van der Waals surface area contributed by atoms with Crippen LogP contribution < -0.4 is 0 Å². The van der Waals surface area contributed by atoms with Crippen LogP contribution in [0.1, 0.15) is 6.92 Å². The molecule has 0 N–H and O–H groups in total. The monoisotopic (exact) mass is 203 g/mol. The Labute approximate surface area is 81.9 Å². The van der Waals surface area contributed by atoms with E-state index < -0.39 is 18.0 Å². The van der Waals surface area contributed by atoms with E-state index >= 15 is 0 Å². The van der Waals surface area contributed by atoms with Crippen LogP contribution in [-0.2, 0) is 23.8 Å². The second-order valence-corrected chi connectivity index (χ2v) is 2.30. The van der Waals surface area contributed by atoms with E-state index in [1.165, 1.54) is 14.0 Å². The molecule has 0 atom stereocenters. The van der Waals surface area contributed by atoms with Crippen LogP contribution in [0.2, 0.25) is 0 Å². The van der Waals surface area contributed by atoms with Gasteiger partial charge in [-0.05, 0) is 0 Å². The van der Waals surface area contributed by atoms with Crippen molar-refractivity contribution in [2.24, 2.45) is 4.99 Å². The summed E-state index contributed by atoms with van der Waals surface area (Å²) in [5.74, 6) is -1.37. The lowest BCUT2D eigenvalue weighted by atomic mass is 10.3. The summed E-state index contributed by atoms with van der Waals surface area (Å²) in [5.41, 5.74) is 0. The van der Waals surface area contributed by atoms with E-state index in [-0.39, 0.29) is 5.90 Å². The maximum Gasteiger partial charge on any atom is 0.342 e. The summed E-state index contributed by atoms with van der Waals surface area (Å²) < 4.78 is 13.5. The normalized spacial score (nSPS) is 11.1. The van der Waals surface area contributed by atoms with Gasteiger partial charge in [0.15, 0.2) is 5.90 Å². The maximum absolute atomic E-state index is 11.1. The minimum Gasteiger partial charge on any atom is -0.484 e. The van der Waals surface area contributed by atoms with Gasteiger partial charge in [-0.2, -0.15) is 0 Å². The van der Waals surface area contributed by atoms with E-state index in [2.05, 4.69) is 14.5 Å². The molecule has 0 aliphatic carbocycles. The van der Waals surface area contributed by atoms with Crippen molar-refractivity contribution in [1.82, 2.24) is 0 Å². The van der Waals surface area contributed by atoms with Gasteiger partial charge >= 0.3 is 11.9 Å². The molecule has 0 heterocycles. The predicted molar refractivity (Wildman–Crippen MR) is 47.9 cm³/mol. The van der Waals surface area contributed by atoms with Crippen molar-refractivity contribution in [2.45, 2.75) is 13.0 Å². The molecule has 14 heavy (non-hydrogen) atoms. The van der Waals surface area contributed by atoms with Gasteiger partial charge in [0.05, 0.1) is 21.3 Å². The Hall–Kier alpha value is -1.59. The quantitative estimate of drug-likeness (QED) is 0.274. The average Bonchev–Trinajstić information content (AvgIpc) is 2.23. The van der Waals surface area contributed by atoms with E-state index in [4.69, 9.17) is 4.74 Å². The van der Waals surface area contributed by atoms with Gasteiger partial charge in [0.1, 0.15) is 0 Å². The average molecular weight is 203 g/mol. The number of nitrogens with zero attached hydrogens (tertiary/aromatic N) is 1. The second-order valence-electron chi connectivity index (χ2n) is 2.30. The molecule has 0 saturated carbocycles. The van der Waals surface area contributed by atoms with E-state index in [9.17, 15) is 9.59 Å². The molecule has 0 aliphatic heterocycles. The molecule has 0 aliphatic rings. The molecule has 0 unspecified atom stereocenters. The zero-order valence-corrected chi connectivity index (χ0v) is 8.57. The zero-order chi connectivity index (χ0) is 11.1. The number of carbonyl (C=O) groups excluding carboxylic acids is 2. The van der Waals surface area contributed by atoms with Gasteiger partial charge in [-0.15, -0.1) is 0 Å². The third-order valence-electron chi connectivity index (χ3n) is 1.46. The molecule has 80 valence electrons. The molecular weight excluding hydrogens is 190 g/mol. The lowest BCUT2D eigenvalue weighted by Gasteiger charge is -2.08. The van der Waals surface area contributed by atoms with Gasteiger partial charge in [0.2, 0.25) is 6.04 Å². The van der Waals surface area contributed by atoms with Crippen molar-refractivity contribution in [1.29, 1.82) is 0 Å². The fourth-order valence-corrected chi connectivity index (χ4v) is 0.659. The van der Waals surface area contributed by atoms with Crippen LogP contribution in [0.15, 0.2) is 4.99 Å². The van der Waals surface area contributed by atoms with Crippen molar-refractivity contribution >= 4 is 17.8 Å². The first-order valence-electron chi connectivity index (χ1n) is 3.80. The SMILES string of the molecule is COC(=O)C(N=C(C)OC)C(=O)OC. The van der Waals surface area contributed by atoms with Gasteiger partial charge in [0.25, 0.3) is 0 Å². The summed E-state index contributed by atoms with van der Waals surface area (Å²) in [5, 5.41) is 0. The van der Waals surface area contributed by atoms with Crippen molar-refractivity contribution in [3.8, 4) is 0 Å². The molecule has 0 aromatic rings. The standard InChI is InChI=1S/C8H13NO5/c1-5(12-2)9-6(7(10)13-3)8(11)14-4/h6H,1-4H3. The number of carbonyl (C=O) groups is 2. The van der Waals surface area contributed by atoms with Crippen LogP contribution in [0.25, 0.3) is 0 Å². The third kappa shape index (κ3) is 3.42. The summed E-state index contributed by atoms with van der Waals surface area (Å²) in [6.45, 7) is 1.51. The van der Waals surface area contributed by atoms with Gasteiger partial charge in [-0.3, -0.25) is 0 Å². The molecule has 0 aromatic heterocycles. The van der Waals surface area contributed by atoms with E-state index in [1.54, 1.807) is 0 Å². The first-order valence-corrected chi connectivity index (χ1v) is 3.80. The van der Waals surface area contributed by atoms with Gasteiger partial charge in [-0.25, -0.2) is 14.6 Å². The van der Waals surface area contributed by atoms with Crippen molar-refractivity contribution < 1.29 is 23.8 Å². The maximum atomic E-state index is 11.1. The molecule has 0 radical (unpaired) electrons. The number of methoxy groups -OCH3 is 3. The number of rotatable bonds is 3. The Morgan fingerprint density at radius 2 is 1.43 bits per heavy atom. The van der Waals surface area contributed by atoms with Crippen LogP contribution in [0.4, 0.5) is 0 Å². The molecule has 6 nitrogen and oxygen atoms in total. The largest absolute Gasteiger partial charge is 0.484 e. The fourth-order valence-electron chi connectivity index (χ4n) is 0.659. The molecule has 0 saturated heterocycles. The van der Waals surface area contributed by atoms with Gasteiger partial charge < -0.3 is 14.2 Å². The summed E-state index contributed by atoms with van der Waals surface area (Å²) in [6.07, 6.45) is 0. The smallest absolute Gasteiger partial charge is 0.342 e. The summed E-state index contributed by atoms with van der Waals surface area (Å²) in [7, 11) is 3.70. The number of aliphatic imine (C=N–C) groups is 1. The number of hydrogen-bond acceptors (Lipinski definition) is 6. The summed E-state index contributed by atoms with van der Waals surface area (Å²) in [6, 6.07) is -1.31. The zero-order valence-electron chi connectivity index (χ0n) is 8.57. The molecule has 0 rings (SSSR count). The first-order chi connectivity index (χ1) is 6.56. The molecular formula is C8H13NO5. The summed E-state index contributed by atoms with van der Waals surface area (Å²) in [4.78, 5) is 25.8. The predicted octanol–water partition coefficient (Wildman–Crippen LogP) is -0.234. The van der Waals surface area contributed by atoms with Crippen molar-refractivity contribution in [3.63, 3.8) is 0 Å². The molecule has 0 amide bonds. The highest BCUT2D eigenvalue weighted by molar-refractivity contribution is 6.01.